The van der Waals surface area contributed by atoms with E-state index in [1.165, 1.54) is 6.07 Å². The molecule has 1 aliphatic rings. The van der Waals surface area contributed by atoms with E-state index in [0.717, 1.165) is 11.6 Å². The number of benzene rings is 3. The van der Waals surface area contributed by atoms with Crippen LogP contribution in [-0.2, 0) is 10.0 Å². The van der Waals surface area contributed by atoms with Gasteiger partial charge < -0.3 is 5.43 Å². The summed E-state index contributed by atoms with van der Waals surface area (Å²) in [6.45, 7) is 0. The van der Waals surface area contributed by atoms with E-state index in [1.807, 2.05) is 12.1 Å². The zero-order valence-electron chi connectivity index (χ0n) is 17.0. The van der Waals surface area contributed by atoms with Crippen molar-refractivity contribution in [3.05, 3.63) is 96.9 Å². The number of hydrogen-bond acceptors (Lipinski definition) is 4. The lowest BCUT2D eigenvalue weighted by atomic mass is 9.96. The first-order valence-electron chi connectivity index (χ1n) is 9.74. The van der Waals surface area contributed by atoms with Crippen LogP contribution in [0.1, 0.15) is 29.6 Å². The van der Waals surface area contributed by atoms with Gasteiger partial charge in [0.25, 0.3) is 0 Å². The second-order valence-electron chi connectivity index (χ2n) is 7.46. The molecule has 2 unspecified atom stereocenters. The van der Waals surface area contributed by atoms with Gasteiger partial charge in [0.05, 0.1) is 22.3 Å². The molecule has 0 radical (unpaired) electrons. The quantitative estimate of drug-likeness (QED) is 0.302. The van der Waals surface area contributed by atoms with E-state index in [0.29, 0.717) is 33.8 Å². The summed E-state index contributed by atoms with van der Waals surface area (Å²) in [5.41, 5.74) is 4.66. The molecule has 2 atom stereocenters. The van der Waals surface area contributed by atoms with Gasteiger partial charge in [0.15, 0.2) is 0 Å². The lowest BCUT2D eigenvalue weighted by Crippen LogP contribution is -2.34. The van der Waals surface area contributed by atoms with Crippen molar-refractivity contribution in [2.45, 2.75) is 23.4 Å². The van der Waals surface area contributed by atoms with Crippen molar-refractivity contribution >= 4 is 66.5 Å². The van der Waals surface area contributed by atoms with Crippen molar-refractivity contribution in [2.24, 2.45) is 5.10 Å². The largest absolute Gasteiger partial charge is 0.302 e. The molecule has 1 aliphatic heterocycles. The molecule has 4 rings (SSSR count). The van der Waals surface area contributed by atoms with Crippen molar-refractivity contribution < 1.29 is 17.2 Å². The predicted octanol–water partition coefficient (Wildman–Crippen LogP) is 6.80. The summed E-state index contributed by atoms with van der Waals surface area (Å²) in [6.07, 6.45) is 0.323. The van der Waals surface area contributed by atoms with Crippen molar-refractivity contribution in [3.8, 4) is 0 Å². The van der Waals surface area contributed by atoms with Crippen molar-refractivity contribution in [1.29, 1.82) is 0 Å². The molecule has 0 fully saturated rings. The van der Waals surface area contributed by atoms with E-state index >= 15 is 0 Å². The number of nitrogens with zero attached hydrogens (tertiary/aromatic N) is 1. The number of halogens is 6. The third-order valence-corrected chi connectivity index (χ3v) is 8.05. The minimum atomic E-state index is -4.47. The first-order valence-corrected chi connectivity index (χ1v) is 13.2. The number of sulfonamides is 1. The Hall–Kier alpha value is -1.75. The van der Waals surface area contributed by atoms with Gasteiger partial charge in [-0.25, -0.2) is 17.2 Å². The normalized spacial score (nSPS) is 16.8. The molecule has 1 heterocycles. The van der Waals surface area contributed by atoms with Gasteiger partial charge in [-0.1, -0.05) is 53.0 Å². The first-order chi connectivity index (χ1) is 16.0. The number of rotatable bonds is 6. The maximum absolute atomic E-state index is 14.4. The summed E-state index contributed by atoms with van der Waals surface area (Å²) >= 11 is 21.3. The van der Waals surface area contributed by atoms with Gasteiger partial charge in [-0.05, 0) is 57.4 Å². The van der Waals surface area contributed by atoms with Gasteiger partial charge in [-0.15, -0.1) is 0 Å². The van der Waals surface area contributed by atoms with E-state index in [2.05, 4.69) is 31.2 Å². The van der Waals surface area contributed by atoms with E-state index in [-0.39, 0.29) is 15.5 Å². The molecule has 12 heteroatoms. The Kier molecular flexibility index (Phi) is 7.52. The molecule has 0 aliphatic carbocycles. The average molecular weight is 610 g/mol. The highest BCUT2D eigenvalue weighted by Crippen LogP contribution is 2.34. The Morgan fingerprint density at radius 1 is 1.00 bits per heavy atom. The van der Waals surface area contributed by atoms with Crippen LogP contribution in [0.5, 0.6) is 0 Å². The maximum Gasteiger partial charge on any atom is 0.244 e. The molecule has 0 aromatic heterocycles. The topological polar surface area (TPSA) is 70.6 Å². The molecule has 5 nitrogen and oxygen atoms in total. The zero-order chi connectivity index (χ0) is 24.6. The number of nitrogens with one attached hydrogen (secondary N) is 2. The van der Waals surface area contributed by atoms with Crippen LogP contribution in [0.2, 0.25) is 15.1 Å². The van der Waals surface area contributed by atoms with Crippen molar-refractivity contribution in [1.82, 2.24) is 10.1 Å². The monoisotopic (exact) mass is 607 g/mol. The Labute approximate surface area is 218 Å². The number of hydrazone groups is 1. The summed E-state index contributed by atoms with van der Waals surface area (Å²) in [4.78, 5) is -0.725. The fourth-order valence-electron chi connectivity index (χ4n) is 3.51. The molecule has 2 N–H and O–H groups in total. The van der Waals surface area contributed by atoms with Crippen LogP contribution in [0.25, 0.3) is 0 Å². The van der Waals surface area contributed by atoms with Crippen LogP contribution < -0.4 is 10.1 Å². The van der Waals surface area contributed by atoms with Gasteiger partial charge in [-0.2, -0.15) is 9.82 Å². The van der Waals surface area contributed by atoms with Crippen LogP contribution in [0.3, 0.4) is 0 Å². The average Bonchev–Trinajstić information content (AvgIpc) is 3.25. The zero-order valence-corrected chi connectivity index (χ0v) is 21.7. The molecule has 0 spiro atoms. The Morgan fingerprint density at radius 3 is 2.35 bits per heavy atom. The van der Waals surface area contributed by atoms with E-state index < -0.39 is 32.6 Å². The second-order valence-corrected chi connectivity index (χ2v) is 11.3. The third kappa shape index (κ3) is 5.40. The summed E-state index contributed by atoms with van der Waals surface area (Å²) < 4.78 is 56.7. The van der Waals surface area contributed by atoms with Crippen molar-refractivity contribution in [2.75, 3.05) is 0 Å². The van der Waals surface area contributed by atoms with Gasteiger partial charge in [0.2, 0.25) is 10.0 Å². The molecule has 0 saturated heterocycles. The maximum atomic E-state index is 14.4. The summed E-state index contributed by atoms with van der Waals surface area (Å²) in [5.74, 6) is -2.16. The highest BCUT2D eigenvalue weighted by atomic mass is 79.9. The predicted molar refractivity (Wildman–Crippen MR) is 133 cm³/mol. The lowest BCUT2D eigenvalue weighted by molar-refractivity contribution is 0.539. The van der Waals surface area contributed by atoms with E-state index in [1.54, 1.807) is 24.3 Å². The molecular weight excluding hydrogens is 595 g/mol. The Balaban J connectivity index is 1.71. The molecule has 34 heavy (non-hydrogen) atoms. The fourth-order valence-corrected chi connectivity index (χ4v) is 5.93. The van der Waals surface area contributed by atoms with E-state index in [9.17, 15) is 17.2 Å². The molecule has 0 amide bonds. The summed E-state index contributed by atoms with van der Waals surface area (Å²) in [7, 11) is -4.47. The SMILES string of the molecule is O=S(=O)(NC(C1=NNC(c2ccc(Cl)cc2)C1)c1ccc(Cl)cc1Cl)c1cc(Br)c(F)cc1F. The van der Waals surface area contributed by atoms with Gasteiger partial charge in [0.1, 0.15) is 16.5 Å². The van der Waals surface area contributed by atoms with Crippen LogP contribution in [0.15, 0.2) is 69.1 Å². The summed E-state index contributed by atoms with van der Waals surface area (Å²) in [6, 6.07) is 11.8. The minimum Gasteiger partial charge on any atom is -0.302 e. The van der Waals surface area contributed by atoms with Gasteiger partial charge >= 0.3 is 0 Å². The van der Waals surface area contributed by atoms with Crippen LogP contribution in [0, 0.1) is 11.6 Å². The summed E-state index contributed by atoms with van der Waals surface area (Å²) in [5, 5.41) is 5.47. The smallest absolute Gasteiger partial charge is 0.244 e. The molecule has 0 saturated carbocycles. The molecular formula is C22H15BrCl3F2N3O2S. The van der Waals surface area contributed by atoms with Crippen LogP contribution in [0.4, 0.5) is 8.78 Å². The standard InChI is InChI=1S/C22H15BrCl3F2N3O2S/c23-15-8-21(18(28)9-17(15)27)34(32,33)31-22(14-6-5-13(25)7-16(14)26)20-10-19(29-30-20)11-1-3-12(24)4-2-11/h1-9,19,22,29,31H,10H2. The Bertz CT molecular complexity index is 1390. The highest BCUT2D eigenvalue weighted by Gasteiger charge is 2.33. The molecule has 0 bridgehead atoms. The third-order valence-electron chi connectivity index (χ3n) is 5.19. The minimum absolute atomic E-state index is 0.193. The molecule has 3 aromatic rings. The van der Waals surface area contributed by atoms with Crippen LogP contribution >= 0.6 is 50.7 Å². The van der Waals surface area contributed by atoms with Gasteiger partial charge in [-0.3, -0.25) is 0 Å². The first kappa shape index (κ1) is 25.3. The lowest BCUT2D eigenvalue weighted by Gasteiger charge is -2.21. The molecule has 3 aromatic carbocycles. The van der Waals surface area contributed by atoms with E-state index in [4.69, 9.17) is 34.8 Å². The van der Waals surface area contributed by atoms with Crippen LogP contribution in [-0.4, -0.2) is 14.1 Å². The van der Waals surface area contributed by atoms with Gasteiger partial charge in [0, 0.05) is 27.6 Å². The second kappa shape index (κ2) is 10.1. The van der Waals surface area contributed by atoms with Crippen molar-refractivity contribution in [3.63, 3.8) is 0 Å². The highest BCUT2D eigenvalue weighted by molar-refractivity contribution is 9.10. The number of hydrogen-bond donors (Lipinski definition) is 2. The fraction of sp³-hybridized carbons (Fsp3) is 0.136. The Morgan fingerprint density at radius 2 is 1.68 bits per heavy atom. The molecule has 178 valence electrons.